The summed E-state index contributed by atoms with van der Waals surface area (Å²) in [6.07, 6.45) is 1.41. The van der Waals surface area contributed by atoms with Gasteiger partial charge >= 0.3 is 17.9 Å². The first-order chi connectivity index (χ1) is 18.7. The summed E-state index contributed by atoms with van der Waals surface area (Å²) in [6.45, 7) is 0. The van der Waals surface area contributed by atoms with Crippen LogP contribution in [0.5, 0.6) is 0 Å². The normalized spacial score (nSPS) is 10.5. The molecule has 0 aromatic heterocycles. The Hall–Kier alpha value is -5.70. The molecule has 0 aliphatic carbocycles. The molecule has 192 valence electrons. The first-order valence-corrected chi connectivity index (χ1v) is 11.3. The van der Waals surface area contributed by atoms with Gasteiger partial charge in [-0.1, -0.05) is 36.4 Å². The fourth-order valence-corrected chi connectivity index (χ4v) is 4.44. The molecule has 0 aliphatic rings. The molecule has 0 bridgehead atoms. The maximum Gasteiger partial charge on any atom is 0.335 e. The van der Waals surface area contributed by atoms with Gasteiger partial charge in [0, 0.05) is 33.4 Å². The fraction of sp³-hybridized carbons (Fsp3) is 0. The smallest absolute Gasteiger partial charge is 0.335 e. The first-order valence-electron chi connectivity index (χ1n) is 11.3. The second-order valence-corrected chi connectivity index (χ2v) is 8.37. The highest BCUT2D eigenvalue weighted by Gasteiger charge is 2.26. The fourth-order valence-electron chi connectivity index (χ4n) is 4.44. The van der Waals surface area contributed by atoms with E-state index in [9.17, 15) is 44.1 Å². The van der Waals surface area contributed by atoms with E-state index in [-0.39, 0.29) is 50.1 Å². The third-order valence-corrected chi connectivity index (χ3v) is 6.23. The summed E-state index contributed by atoms with van der Waals surface area (Å²) in [5, 5.41) is 27.9. The highest BCUT2D eigenvalue weighted by Crippen LogP contribution is 2.43. The summed E-state index contributed by atoms with van der Waals surface area (Å²) >= 11 is 0. The van der Waals surface area contributed by atoms with Crippen LogP contribution < -0.4 is 0 Å². The maximum absolute atomic E-state index is 12.6. The molecule has 0 amide bonds. The Bertz CT molecular complexity index is 1430. The standard InChI is InChI=1S/C30H18O9/c31-13-22-25(16-1-7-19(8-2-16)28(34)35)23(14-32)27(18-5-11-21(12-6-18)30(38)39)24(15-33)26(22)17-3-9-20(10-4-17)29(36)37/h1-15H,(H,34,35)(H,36,37)(H,38,39). The van der Waals surface area contributed by atoms with Gasteiger partial charge < -0.3 is 15.3 Å². The van der Waals surface area contributed by atoms with Gasteiger partial charge in [-0.2, -0.15) is 0 Å². The van der Waals surface area contributed by atoms with Crippen LogP contribution in [0.15, 0.2) is 72.8 Å². The van der Waals surface area contributed by atoms with E-state index in [1.54, 1.807) is 0 Å². The van der Waals surface area contributed by atoms with Crippen LogP contribution in [0.4, 0.5) is 0 Å². The predicted octanol–water partition coefficient (Wildman–Crippen LogP) is 5.22. The van der Waals surface area contributed by atoms with E-state index < -0.39 is 17.9 Å². The van der Waals surface area contributed by atoms with Crippen molar-refractivity contribution in [2.75, 3.05) is 0 Å². The Labute approximate surface area is 220 Å². The number of carbonyl (C=O) groups excluding carboxylic acids is 3. The number of aldehydes is 3. The zero-order valence-corrected chi connectivity index (χ0v) is 20.0. The molecule has 4 aromatic carbocycles. The number of rotatable bonds is 9. The molecule has 0 fully saturated rings. The van der Waals surface area contributed by atoms with Crippen LogP contribution in [0, 0.1) is 0 Å². The van der Waals surface area contributed by atoms with Crippen molar-refractivity contribution < 1.29 is 44.1 Å². The molecule has 4 aromatic rings. The number of carboxylic acids is 3. The van der Waals surface area contributed by atoms with Crippen molar-refractivity contribution in [3.8, 4) is 33.4 Å². The first kappa shape index (κ1) is 26.4. The van der Waals surface area contributed by atoms with Gasteiger partial charge in [0.15, 0.2) is 18.9 Å². The summed E-state index contributed by atoms with van der Waals surface area (Å²) in [6, 6.07) is 16.4. The number of carbonyl (C=O) groups is 6. The summed E-state index contributed by atoms with van der Waals surface area (Å²) in [5.74, 6) is -3.53. The molecule has 0 saturated heterocycles. The topological polar surface area (TPSA) is 163 Å². The van der Waals surface area contributed by atoms with E-state index in [0.29, 0.717) is 35.5 Å². The van der Waals surface area contributed by atoms with Gasteiger partial charge in [-0.25, -0.2) is 14.4 Å². The SMILES string of the molecule is O=Cc1c(-c2ccc(C(=O)O)cc2)c(C=O)c(-c2ccc(C(=O)O)cc2)c(C=O)c1-c1ccc(C(=O)O)cc1. The van der Waals surface area contributed by atoms with E-state index in [1.807, 2.05) is 0 Å². The molecular formula is C30H18O9. The Balaban J connectivity index is 2.16. The van der Waals surface area contributed by atoms with E-state index in [0.717, 1.165) is 0 Å². The molecule has 3 N–H and O–H groups in total. The lowest BCUT2D eigenvalue weighted by atomic mass is 9.80. The Morgan fingerprint density at radius 2 is 0.615 bits per heavy atom. The summed E-state index contributed by atoms with van der Waals surface area (Å²) < 4.78 is 0. The van der Waals surface area contributed by atoms with Gasteiger partial charge in [-0.15, -0.1) is 0 Å². The van der Waals surface area contributed by atoms with Crippen molar-refractivity contribution in [3.05, 3.63) is 106 Å². The Morgan fingerprint density at radius 1 is 0.410 bits per heavy atom. The molecule has 0 aliphatic heterocycles. The van der Waals surface area contributed by atoms with Crippen molar-refractivity contribution in [2.24, 2.45) is 0 Å². The monoisotopic (exact) mass is 522 g/mol. The van der Waals surface area contributed by atoms with E-state index in [4.69, 9.17) is 0 Å². The van der Waals surface area contributed by atoms with Crippen LogP contribution in [0.25, 0.3) is 33.4 Å². The predicted molar refractivity (Wildman–Crippen MR) is 140 cm³/mol. The Kier molecular flexibility index (Phi) is 7.26. The van der Waals surface area contributed by atoms with Gasteiger partial charge in [0.1, 0.15) is 0 Å². The number of aromatic carboxylic acids is 3. The second kappa shape index (κ2) is 10.7. The number of hydrogen-bond acceptors (Lipinski definition) is 6. The Morgan fingerprint density at radius 3 is 0.769 bits per heavy atom. The minimum Gasteiger partial charge on any atom is -0.478 e. The third-order valence-electron chi connectivity index (χ3n) is 6.23. The van der Waals surface area contributed by atoms with Gasteiger partial charge in [-0.3, -0.25) is 14.4 Å². The van der Waals surface area contributed by atoms with Crippen LogP contribution in [-0.2, 0) is 0 Å². The number of carboxylic acid groups (broad SMARTS) is 3. The minimum absolute atomic E-state index is 0.0301. The molecule has 0 saturated carbocycles. The highest BCUT2D eigenvalue weighted by atomic mass is 16.4. The van der Waals surface area contributed by atoms with Crippen molar-refractivity contribution in [3.63, 3.8) is 0 Å². The highest BCUT2D eigenvalue weighted by molar-refractivity contribution is 6.14. The average Bonchev–Trinajstić information content (AvgIpc) is 2.95. The van der Waals surface area contributed by atoms with Crippen LogP contribution >= 0.6 is 0 Å². The molecule has 9 heteroatoms. The van der Waals surface area contributed by atoms with Crippen LogP contribution in [-0.4, -0.2) is 52.1 Å². The van der Waals surface area contributed by atoms with Crippen LogP contribution in [0.2, 0.25) is 0 Å². The zero-order chi connectivity index (χ0) is 28.3. The van der Waals surface area contributed by atoms with Crippen molar-refractivity contribution in [1.29, 1.82) is 0 Å². The van der Waals surface area contributed by atoms with Gasteiger partial charge in [0.2, 0.25) is 0 Å². The van der Waals surface area contributed by atoms with Gasteiger partial charge in [0.25, 0.3) is 0 Å². The molecule has 4 rings (SSSR count). The quantitative estimate of drug-likeness (QED) is 0.250. The van der Waals surface area contributed by atoms with Crippen LogP contribution in [0.3, 0.4) is 0 Å². The lowest BCUT2D eigenvalue weighted by Crippen LogP contribution is -2.07. The largest absolute Gasteiger partial charge is 0.478 e. The summed E-state index contributed by atoms with van der Waals surface area (Å²) in [5.41, 5.74) is 1.08. The van der Waals surface area contributed by atoms with Gasteiger partial charge in [-0.05, 0) is 53.1 Å². The molecule has 0 heterocycles. The van der Waals surface area contributed by atoms with E-state index >= 15 is 0 Å². The molecule has 0 unspecified atom stereocenters. The molecule has 0 spiro atoms. The van der Waals surface area contributed by atoms with Crippen LogP contribution in [0.1, 0.15) is 62.1 Å². The van der Waals surface area contributed by atoms with Crippen molar-refractivity contribution >= 4 is 36.8 Å². The van der Waals surface area contributed by atoms with E-state index in [1.165, 1.54) is 72.8 Å². The molecular weight excluding hydrogens is 504 g/mol. The molecule has 9 nitrogen and oxygen atoms in total. The van der Waals surface area contributed by atoms with Crippen molar-refractivity contribution in [2.45, 2.75) is 0 Å². The molecule has 0 radical (unpaired) electrons. The lowest BCUT2D eigenvalue weighted by Gasteiger charge is -2.21. The van der Waals surface area contributed by atoms with Crippen molar-refractivity contribution in [1.82, 2.24) is 0 Å². The minimum atomic E-state index is -1.18. The molecule has 0 atom stereocenters. The lowest BCUT2D eigenvalue weighted by molar-refractivity contribution is 0.0686. The molecule has 39 heavy (non-hydrogen) atoms. The van der Waals surface area contributed by atoms with Gasteiger partial charge in [0.05, 0.1) is 16.7 Å². The second-order valence-electron chi connectivity index (χ2n) is 8.37. The third kappa shape index (κ3) is 4.84. The zero-order valence-electron chi connectivity index (χ0n) is 20.0. The average molecular weight is 522 g/mol. The van der Waals surface area contributed by atoms with E-state index in [2.05, 4.69) is 0 Å². The summed E-state index contributed by atoms with van der Waals surface area (Å²) in [4.78, 5) is 71.8. The maximum atomic E-state index is 12.6. The summed E-state index contributed by atoms with van der Waals surface area (Å²) in [7, 11) is 0. The number of hydrogen-bond donors (Lipinski definition) is 3. The number of benzene rings is 4.